The van der Waals surface area contributed by atoms with E-state index in [1.807, 2.05) is 36.7 Å². The van der Waals surface area contributed by atoms with Crippen molar-refractivity contribution in [3.8, 4) is 11.5 Å². The van der Waals surface area contributed by atoms with E-state index in [2.05, 4.69) is 27.4 Å². The molecule has 2 aliphatic heterocycles. The van der Waals surface area contributed by atoms with Crippen LogP contribution < -0.4 is 4.74 Å². The zero-order valence-electron chi connectivity index (χ0n) is 19.6. The number of amides is 1. The molecule has 6 rings (SSSR count). The molecule has 3 heterocycles. The molecule has 2 N–H and O–H groups in total. The molecule has 2 fully saturated rings. The second-order valence-corrected chi connectivity index (χ2v) is 12.1. The number of phenolic OH excluding ortho intramolecular Hbond substituents is 1. The third-order valence-electron chi connectivity index (χ3n) is 8.72. The number of phenols is 1. The van der Waals surface area contributed by atoms with Crippen molar-refractivity contribution in [2.75, 3.05) is 20.1 Å². The highest BCUT2D eigenvalue weighted by Crippen LogP contribution is 2.65. The first-order valence-electron chi connectivity index (χ1n) is 12.1. The van der Waals surface area contributed by atoms with Gasteiger partial charge in [-0.3, -0.25) is 9.69 Å². The van der Waals surface area contributed by atoms with E-state index in [9.17, 15) is 15.0 Å². The molecular weight excluding hydrogens is 528 g/mol. The zero-order chi connectivity index (χ0) is 24.5. The third kappa shape index (κ3) is 3.23. The van der Waals surface area contributed by atoms with Gasteiger partial charge in [0.25, 0.3) is 0 Å². The molecule has 1 aromatic carbocycles. The monoisotopic (exact) mass is 556 g/mol. The van der Waals surface area contributed by atoms with Crippen molar-refractivity contribution in [3.63, 3.8) is 0 Å². The lowest BCUT2D eigenvalue weighted by atomic mass is 9.48. The van der Waals surface area contributed by atoms with Crippen LogP contribution in [0.25, 0.3) is 6.08 Å². The van der Waals surface area contributed by atoms with E-state index in [0.29, 0.717) is 31.6 Å². The van der Waals surface area contributed by atoms with Crippen LogP contribution >= 0.6 is 27.3 Å². The summed E-state index contributed by atoms with van der Waals surface area (Å²) in [7, 11) is 1.81. The average Bonchev–Trinajstić information content (AvgIpc) is 3.40. The second kappa shape index (κ2) is 8.20. The van der Waals surface area contributed by atoms with Crippen LogP contribution in [0.5, 0.6) is 11.5 Å². The van der Waals surface area contributed by atoms with Gasteiger partial charge in [0.05, 0.1) is 11.0 Å². The molecule has 0 radical (unpaired) electrons. The molecule has 1 saturated carbocycles. The van der Waals surface area contributed by atoms with Gasteiger partial charge in [-0.1, -0.05) is 12.1 Å². The number of carbonyl (C=O) groups is 1. The minimum Gasteiger partial charge on any atom is -0.504 e. The Hall–Kier alpha value is -2.13. The summed E-state index contributed by atoms with van der Waals surface area (Å²) in [5.74, 6) is 0.564. The normalized spacial score (nSPS) is 32.8. The lowest BCUT2D eigenvalue weighted by molar-refractivity contribution is -0.196. The van der Waals surface area contributed by atoms with E-state index in [0.717, 1.165) is 33.4 Å². The summed E-state index contributed by atoms with van der Waals surface area (Å²) in [6.45, 7) is 5.48. The molecule has 4 aliphatic rings. The summed E-state index contributed by atoms with van der Waals surface area (Å²) in [4.78, 5) is 18.2. The van der Waals surface area contributed by atoms with Crippen molar-refractivity contribution in [2.45, 2.75) is 54.9 Å². The molecule has 2 aromatic rings. The van der Waals surface area contributed by atoms with Crippen LogP contribution in [0.3, 0.4) is 0 Å². The maximum Gasteiger partial charge on any atom is 0.246 e. The number of thiophene rings is 1. The number of likely N-dealkylation sites (tertiary alicyclic amines) is 1. The summed E-state index contributed by atoms with van der Waals surface area (Å²) < 4.78 is 7.45. The Morgan fingerprint density at radius 2 is 2.29 bits per heavy atom. The number of nitrogens with zero attached hydrogens (tertiary/aromatic N) is 2. The summed E-state index contributed by atoms with van der Waals surface area (Å²) in [5, 5.41) is 25.3. The Morgan fingerprint density at radius 1 is 1.46 bits per heavy atom. The van der Waals surface area contributed by atoms with E-state index in [-0.39, 0.29) is 29.8 Å². The van der Waals surface area contributed by atoms with Gasteiger partial charge in [0.2, 0.25) is 5.91 Å². The Kier molecular flexibility index (Phi) is 5.45. The molecule has 8 heteroatoms. The first-order valence-corrected chi connectivity index (χ1v) is 13.7. The molecule has 1 spiro atoms. The Labute approximate surface area is 217 Å². The second-order valence-electron chi connectivity index (χ2n) is 10.2. The summed E-state index contributed by atoms with van der Waals surface area (Å²) in [6, 6.07) is 5.39. The van der Waals surface area contributed by atoms with Crippen LogP contribution in [0.1, 0.15) is 35.3 Å². The van der Waals surface area contributed by atoms with Gasteiger partial charge in [-0.25, -0.2) is 0 Å². The van der Waals surface area contributed by atoms with Gasteiger partial charge in [-0.2, -0.15) is 0 Å². The van der Waals surface area contributed by atoms with Gasteiger partial charge in [0.1, 0.15) is 6.10 Å². The highest BCUT2D eigenvalue weighted by atomic mass is 79.9. The van der Waals surface area contributed by atoms with Gasteiger partial charge < -0.3 is 19.8 Å². The number of likely N-dealkylation sites (N-methyl/N-ethyl adjacent to an activating group) is 1. The molecule has 2 aliphatic carbocycles. The lowest BCUT2D eigenvalue weighted by Gasteiger charge is -2.64. The van der Waals surface area contributed by atoms with Gasteiger partial charge >= 0.3 is 0 Å². The minimum absolute atomic E-state index is 0.0953. The maximum atomic E-state index is 13.2. The van der Waals surface area contributed by atoms with Crippen LogP contribution in [0.15, 0.2) is 46.8 Å². The third-order valence-corrected chi connectivity index (χ3v) is 10.4. The molecule has 1 saturated heterocycles. The van der Waals surface area contributed by atoms with E-state index in [1.165, 1.54) is 0 Å². The maximum absolute atomic E-state index is 13.2. The van der Waals surface area contributed by atoms with Crippen LogP contribution in [0.2, 0.25) is 0 Å². The number of rotatable bonds is 5. The zero-order valence-corrected chi connectivity index (χ0v) is 22.0. The molecule has 5 atom stereocenters. The molecule has 35 heavy (non-hydrogen) atoms. The van der Waals surface area contributed by atoms with Crippen LogP contribution in [-0.2, 0) is 16.6 Å². The van der Waals surface area contributed by atoms with Gasteiger partial charge in [-0.15, -0.1) is 17.9 Å². The Bertz CT molecular complexity index is 1240. The smallest absolute Gasteiger partial charge is 0.246 e. The van der Waals surface area contributed by atoms with E-state index in [1.54, 1.807) is 28.4 Å². The number of carbonyl (C=O) groups excluding carboxylic acids is 1. The quantitative estimate of drug-likeness (QED) is 0.428. The van der Waals surface area contributed by atoms with E-state index < -0.39 is 11.0 Å². The van der Waals surface area contributed by atoms with Crippen molar-refractivity contribution in [1.29, 1.82) is 0 Å². The number of halogens is 1. The fourth-order valence-electron chi connectivity index (χ4n) is 7.18. The number of aliphatic hydroxyl groups is 1. The van der Waals surface area contributed by atoms with Gasteiger partial charge in [0.15, 0.2) is 11.5 Å². The van der Waals surface area contributed by atoms with Crippen molar-refractivity contribution in [2.24, 2.45) is 0 Å². The molecular formula is C27H29BrN2O4S. The molecule has 6 nitrogen and oxygen atoms in total. The standard InChI is InChI=1S/C27H29BrN2O4S/c1-3-9-30-10-8-26-22-13-18(29(2)23(32)7-5-19-12-17(28)15-35-19)14-27(26,33)21(30)11-16-4-6-20(31)25(34-22)24(16)26/h3-7,12,15,18,21-22,31,33H,1,8-11,13-14H2,2H3/b7-5+/t18-,21-,22+,26-,27-/m1/s1. The van der Waals surface area contributed by atoms with Gasteiger partial charge in [0, 0.05) is 58.5 Å². The van der Waals surface area contributed by atoms with Crippen molar-refractivity contribution in [3.05, 3.63) is 62.8 Å². The van der Waals surface area contributed by atoms with E-state index in [4.69, 9.17) is 4.74 Å². The lowest BCUT2D eigenvalue weighted by Crippen LogP contribution is -2.77. The highest BCUT2D eigenvalue weighted by molar-refractivity contribution is 9.10. The number of hydrogen-bond donors (Lipinski definition) is 2. The van der Waals surface area contributed by atoms with Crippen LogP contribution in [0.4, 0.5) is 0 Å². The number of ether oxygens (including phenoxy) is 1. The van der Waals surface area contributed by atoms with E-state index >= 15 is 0 Å². The molecule has 184 valence electrons. The average molecular weight is 558 g/mol. The summed E-state index contributed by atoms with van der Waals surface area (Å²) in [6.07, 6.45) is 7.56. The van der Waals surface area contributed by atoms with Crippen LogP contribution in [-0.4, -0.2) is 69.8 Å². The number of piperidine rings is 1. The number of aromatic hydroxyl groups is 1. The molecule has 1 aromatic heterocycles. The fourth-order valence-corrected chi connectivity index (χ4v) is 8.51. The van der Waals surface area contributed by atoms with Crippen LogP contribution in [0, 0.1) is 0 Å². The fraction of sp³-hybridized carbons (Fsp3) is 0.444. The predicted molar refractivity (Wildman–Crippen MR) is 140 cm³/mol. The number of benzene rings is 1. The van der Waals surface area contributed by atoms with Crippen molar-refractivity contribution in [1.82, 2.24) is 9.80 Å². The first-order chi connectivity index (χ1) is 16.8. The van der Waals surface area contributed by atoms with Gasteiger partial charge in [-0.05, 0) is 65.5 Å². The summed E-state index contributed by atoms with van der Waals surface area (Å²) >= 11 is 5.02. The Balaban J connectivity index is 1.37. The predicted octanol–water partition coefficient (Wildman–Crippen LogP) is 4.10. The SMILES string of the molecule is C=CCN1CC[C@]23c4c5ccc(O)c4O[C@H]2C[C@@H](N(C)C(=O)/C=C/c2cc(Br)cs2)C[C@@]3(O)[C@H]1C5. The first kappa shape index (κ1) is 23.3. The van der Waals surface area contributed by atoms with Crippen molar-refractivity contribution < 1.29 is 19.7 Å². The highest BCUT2D eigenvalue weighted by Gasteiger charge is 2.72. The summed E-state index contributed by atoms with van der Waals surface area (Å²) in [5.41, 5.74) is 0.494. The number of hydrogen-bond acceptors (Lipinski definition) is 6. The molecule has 0 unspecified atom stereocenters. The van der Waals surface area contributed by atoms with Crippen molar-refractivity contribution >= 4 is 39.2 Å². The molecule has 1 amide bonds. The topological polar surface area (TPSA) is 73.2 Å². The largest absolute Gasteiger partial charge is 0.504 e. The minimum atomic E-state index is -1.08. The Morgan fingerprint density at radius 3 is 3.03 bits per heavy atom. The molecule has 2 bridgehead atoms.